The van der Waals surface area contributed by atoms with Crippen LogP contribution in [0.15, 0.2) is 29.5 Å². The van der Waals surface area contributed by atoms with E-state index in [-0.39, 0.29) is 5.56 Å². The fraction of sp³-hybridized carbons (Fsp3) is 0.462. The smallest absolute Gasteiger partial charge is 0.276 e. The molecule has 0 amide bonds. The number of aromatic nitrogens is 3. The second-order valence-corrected chi connectivity index (χ2v) is 4.74. The van der Waals surface area contributed by atoms with Gasteiger partial charge >= 0.3 is 0 Å². The van der Waals surface area contributed by atoms with Gasteiger partial charge in [-0.25, -0.2) is 4.68 Å². The average Bonchev–Trinajstić information content (AvgIpc) is 2.43. The second kappa shape index (κ2) is 4.86. The van der Waals surface area contributed by atoms with Crippen molar-refractivity contribution in [2.75, 3.05) is 6.54 Å². The number of nitrogens with zero attached hydrogens (tertiary/aromatic N) is 3. The third-order valence-corrected chi connectivity index (χ3v) is 3.46. The lowest BCUT2D eigenvalue weighted by Crippen LogP contribution is -2.40. The number of piperidine rings is 1. The minimum Gasteiger partial charge on any atom is -0.312 e. The van der Waals surface area contributed by atoms with Gasteiger partial charge in [0.25, 0.3) is 5.56 Å². The Balaban J connectivity index is 1.92. The van der Waals surface area contributed by atoms with Gasteiger partial charge in [-0.3, -0.25) is 9.78 Å². The van der Waals surface area contributed by atoms with E-state index in [0.717, 1.165) is 18.4 Å². The first-order valence-electron chi connectivity index (χ1n) is 6.38. The highest BCUT2D eigenvalue weighted by Crippen LogP contribution is 2.09. The highest BCUT2D eigenvalue weighted by molar-refractivity contribution is 5.79. The van der Waals surface area contributed by atoms with Crippen LogP contribution in [0.2, 0.25) is 0 Å². The van der Waals surface area contributed by atoms with Crippen molar-refractivity contribution in [3.8, 4) is 0 Å². The van der Waals surface area contributed by atoms with Crippen molar-refractivity contribution in [3.05, 3.63) is 35.0 Å². The maximum atomic E-state index is 12.2. The van der Waals surface area contributed by atoms with Gasteiger partial charge in [0.1, 0.15) is 0 Å². The van der Waals surface area contributed by atoms with Gasteiger partial charge in [-0.05, 0) is 25.5 Å². The van der Waals surface area contributed by atoms with Gasteiger partial charge in [-0.2, -0.15) is 5.10 Å². The van der Waals surface area contributed by atoms with Crippen LogP contribution in [0, 0.1) is 0 Å². The fourth-order valence-corrected chi connectivity index (χ4v) is 2.44. The number of rotatable bonds is 2. The molecule has 0 radical (unpaired) electrons. The molecule has 2 aromatic rings. The molecule has 94 valence electrons. The zero-order valence-electron chi connectivity index (χ0n) is 10.2. The summed E-state index contributed by atoms with van der Waals surface area (Å²) in [6, 6.07) is 2.17. The summed E-state index contributed by atoms with van der Waals surface area (Å²) in [6.07, 6.45) is 8.59. The third-order valence-electron chi connectivity index (χ3n) is 3.46. The van der Waals surface area contributed by atoms with E-state index >= 15 is 0 Å². The van der Waals surface area contributed by atoms with Crippen LogP contribution < -0.4 is 10.9 Å². The van der Waals surface area contributed by atoms with Crippen molar-refractivity contribution < 1.29 is 0 Å². The monoisotopic (exact) mass is 244 g/mol. The quantitative estimate of drug-likeness (QED) is 0.854. The summed E-state index contributed by atoms with van der Waals surface area (Å²) < 4.78 is 1.55. The lowest BCUT2D eigenvalue weighted by molar-refractivity contribution is 0.346. The molecule has 5 heteroatoms. The number of nitrogens with one attached hydrogen (secondary N) is 1. The van der Waals surface area contributed by atoms with Gasteiger partial charge in [-0.15, -0.1) is 0 Å². The highest BCUT2D eigenvalue weighted by atomic mass is 16.1. The van der Waals surface area contributed by atoms with Crippen LogP contribution in [-0.4, -0.2) is 27.4 Å². The summed E-state index contributed by atoms with van der Waals surface area (Å²) in [6.45, 7) is 1.68. The zero-order valence-corrected chi connectivity index (χ0v) is 10.2. The Hall–Kier alpha value is -1.75. The van der Waals surface area contributed by atoms with Crippen molar-refractivity contribution in [1.29, 1.82) is 0 Å². The molecular weight excluding hydrogens is 228 g/mol. The maximum absolute atomic E-state index is 12.2. The van der Waals surface area contributed by atoms with E-state index in [0.29, 0.717) is 18.0 Å². The van der Waals surface area contributed by atoms with Gasteiger partial charge in [0.2, 0.25) is 0 Å². The van der Waals surface area contributed by atoms with Crippen molar-refractivity contribution in [1.82, 2.24) is 20.1 Å². The van der Waals surface area contributed by atoms with Crippen molar-refractivity contribution in [2.24, 2.45) is 0 Å². The van der Waals surface area contributed by atoms with Crippen LogP contribution in [0.25, 0.3) is 10.8 Å². The summed E-state index contributed by atoms with van der Waals surface area (Å²) in [7, 11) is 0. The molecule has 0 aromatic carbocycles. The standard InChI is InChI=1S/C13H16N4O/c18-13-12-8-14-6-4-10(12)7-16-17(13)9-11-3-1-2-5-15-11/h4,6-8,11,15H,1-3,5,9H2. The van der Waals surface area contributed by atoms with Gasteiger partial charge in [0.15, 0.2) is 0 Å². The number of hydrogen-bond donors (Lipinski definition) is 1. The zero-order chi connectivity index (χ0) is 12.4. The first kappa shape index (κ1) is 11.3. The topological polar surface area (TPSA) is 59.8 Å². The Bertz CT molecular complexity index is 601. The van der Waals surface area contributed by atoms with Crippen LogP contribution in [0.4, 0.5) is 0 Å². The lowest BCUT2D eigenvalue weighted by atomic mass is 10.1. The third kappa shape index (κ3) is 2.13. The van der Waals surface area contributed by atoms with E-state index in [4.69, 9.17) is 0 Å². The molecule has 18 heavy (non-hydrogen) atoms. The number of hydrogen-bond acceptors (Lipinski definition) is 4. The molecule has 3 rings (SSSR count). The molecule has 5 nitrogen and oxygen atoms in total. The SMILES string of the molecule is O=c1c2cnccc2cnn1CC1CCCCN1. The Morgan fingerprint density at radius 3 is 3.17 bits per heavy atom. The lowest BCUT2D eigenvalue weighted by Gasteiger charge is -2.23. The molecule has 1 aliphatic heterocycles. The first-order chi connectivity index (χ1) is 8.84. The molecule has 0 bridgehead atoms. The van der Waals surface area contributed by atoms with E-state index in [1.165, 1.54) is 12.8 Å². The normalized spacial score (nSPS) is 20.1. The van der Waals surface area contributed by atoms with E-state index in [1.807, 2.05) is 6.07 Å². The van der Waals surface area contributed by atoms with E-state index in [1.54, 1.807) is 23.3 Å². The van der Waals surface area contributed by atoms with Crippen LogP contribution >= 0.6 is 0 Å². The largest absolute Gasteiger partial charge is 0.312 e. The molecule has 1 aliphatic rings. The van der Waals surface area contributed by atoms with Gasteiger partial charge in [0, 0.05) is 23.8 Å². The van der Waals surface area contributed by atoms with Crippen LogP contribution in [0.1, 0.15) is 19.3 Å². The molecule has 1 unspecified atom stereocenters. The Kier molecular flexibility index (Phi) is 3.06. The highest BCUT2D eigenvalue weighted by Gasteiger charge is 2.14. The first-order valence-corrected chi connectivity index (χ1v) is 6.38. The molecule has 0 saturated carbocycles. The average molecular weight is 244 g/mol. The van der Waals surface area contributed by atoms with Gasteiger partial charge in [-0.1, -0.05) is 6.42 Å². The Labute approximate surface area is 105 Å². The fourth-order valence-electron chi connectivity index (χ4n) is 2.44. The van der Waals surface area contributed by atoms with Crippen LogP contribution in [-0.2, 0) is 6.54 Å². The van der Waals surface area contributed by atoms with Crippen LogP contribution in [0.3, 0.4) is 0 Å². The number of fused-ring (bicyclic) bond motifs is 1. The van der Waals surface area contributed by atoms with Crippen molar-refractivity contribution in [3.63, 3.8) is 0 Å². The predicted molar refractivity (Wildman–Crippen MR) is 69.4 cm³/mol. The number of pyridine rings is 1. The molecule has 1 N–H and O–H groups in total. The molecule has 1 saturated heterocycles. The minimum absolute atomic E-state index is 0.0482. The van der Waals surface area contributed by atoms with E-state index in [2.05, 4.69) is 15.4 Å². The summed E-state index contributed by atoms with van der Waals surface area (Å²) in [5, 5.41) is 9.16. The minimum atomic E-state index is -0.0482. The molecule has 2 aromatic heterocycles. The van der Waals surface area contributed by atoms with E-state index in [9.17, 15) is 4.79 Å². The summed E-state index contributed by atoms with van der Waals surface area (Å²) in [5.74, 6) is 0. The molecular formula is C13H16N4O. The van der Waals surface area contributed by atoms with E-state index < -0.39 is 0 Å². The van der Waals surface area contributed by atoms with Gasteiger partial charge in [0.05, 0.1) is 18.1 Å². The van der Waals surface area contributed by atoms with Crippen molar-refractivity contribution >= 4 is 10.8 Å². The molecule has 1 atom stereocenters. The van der Waals surface area contributed by atoms with Crippen molar-refractivity contribution in [2.45, 2.75) is 31.8 Å². The summed E-state index contributed by atoms with van der Waals surface area (Å²) in [4.78, 5) is 16.2. The molecule has 3 heterocycles. The van der Waals surface area contributed by atoms with Crippen LogP contribution in [0.5, 0.6) is 0 Å². The summed E-state index contributed by atoms with van der Waals surface area (Å²) >= 11 is 0. The maximum Gasteiger partial charge on any atom is 0.276 e. The molecule has 1 fully saturated rings. The Morgan fingerprint density at radius 1 is 1.39 bits per heavy atom. The Morgan fingerprint density at radius 2 is 2.33 bits per heavy atom. The molecule has 0 spiro atoms. The van der Waals surface area contributed by atoms with Gasteiger partial charge < -0.3 is 5.32 Å². The second-order valence-electron chi connectivity index (χ2n) is 4.74. The predicted octanol–water partition coefficient (Wildman–Crippen LogP) is 0.934. The summed E-state index contributed by atoms with van der Waals surface area (Å²) in [5.41, 5.74) is -0.0482. The molecule has 0 aliphatic carbocycles.